The van der Waals surface area contributed by atoms with Gasteiger partial charge < -0.3 is 9.22 Å². The summed E-state index contributed by atoms with van der Waals surface area (Å²) in [5.74, 6) is 1.32. The van der Waals surface area contributed by atoms with E-state index in [0.717, 1.165) is 29.6 Å². The monoisotopic (exact) mass is 427 g/mol. The summed E-state index contributed by atoms with van der Waals surface area (Å²) in [6, 6.07) is 22.2. The van der Waals surface area contributed by atoms with Crippen LogP contribution in [0.25, 0.3) is 10.9 Å². The van der Waals surface area contributed by atoms with E-state index in [1.165, 1.54) is 42.4 Å². The van der Waals surface area contributed by atoms with Gasteiger partial charge in [-0.1, -0.05) is 61.5 Å². The normalized spacial score (nSPS) is 28.0. The van der Waals surface area contributed by atoms with Gasteiger partial charge in [-0.25, -0.2) is 0 Å². The lowest BCUT2D eigenvalue weighted by Gasteiger charge is -2.58. The lowest BCUT2D eigenvalue weighted by atomic mass is 9.71. The van der Waals surface area contributed by atoms with Crippen molar-refractivity contribution in [2.45, 2.75) is 44.9 Å². The molecule has 1 unspecified atom stereocenters. The molecular weight excluding hydrogens is 392 g/mol. The smallest absolute Gasteiger partial charge is 0.135 e. The summed E-state index contributed by atoms with van der Waals surface area (Å²) in [4.78, 5) is 4.63. The summed E-state index contributed by atoms with van der Waals surface area (Å²) in [5.41, 5.74) is 3.79. The van der Waals surface area contributed by atoms with Gasteiger partial charge >= 0.3 is 0 Å². The van der Waals surface area contributed by atoms with Gasteiger partial charge in [0.15, 0.2) is 0 Å². The zero-order chi connectivity index (χ0) is 22.0. The third-order valence-electron chi connectivity index (χ3n) is 7.86. The first-order valence-electron chi connectivity index (χ1n) is 12.2. The third kappa shape index (κ3) is 3.89. The number of quaternary nitrogens is 1. The van der Waals surface area contributed by atoms with Crippen LogP contribution in [0.1, 0.15) is 43.4 Å². The van der Waals surface area contributed by atoms with Gasteiger partial charge in [-0.15, -0.1) is 6.58 Å². The Hall–Kier alpha value is -2.49. The van der Waals surface area contributed by atoms with Crippen molar-refractivity contribution in [1.29, 1.82) is 0 Å². The second-order valence-corrected chi connectivity index (χ2v) is 9.73. The minimum atomic E-state index is 0.0835. The number of piperidine rings is 3. The highest BCUT2D eigenvalue weighted by Crippen LogP contribution is 2.49. The van der Waals surface area contributed by atoms with Crippen molar-refractivity contribution >= 4 is 10.9 Å². The van der Waals surface area contributed by atoms with Crippen molar-refractivity contribution in [3.8, 4) is 0 Å². The largest absolute Gasteiger partial charge is 0.367 e. The molecule has 3 aliphatic rings. The van der Waals surface area contributed by atoms with Crippen molar-refractivity contribution in [3.05, 3.63) is 90.6 Å². The van der Waals surface area contributed by atoms with Crippen LogP contribution >= 0.6 is 0 Å². The molecule has 3 fully saturated rings. The van der Waals surface area contributed by atoms with Crippen molar-refractivity contribution in [2.24, 2.45) is 11.8 Å². The number of ether oxygens (including phenoxy) is 1. The van der Waals surface area contributed by atoms with E-state index >= 15 is 0 Å². The van der Waals surface area contributed by atoms with E-state index in [2.05, 4.69) is 85.2 Å². The molecule has 166 valence electrons. The lowest BCUT2D eigenvalue weighted by molar-refractivity contribution is -0.985. The fraction of sp³-hybridized carbons (Fsp3) is 0.414. The third-order valence-corrected chi connectivity index (χ3v) is 7.86. The van der Waals surface area contributed by atoms with E-state index in [1.807, 2.05) is 6.20 Å². The van der Waals surface area contributed by atoms with E-state index in [-0.39, 0.29) is 6.10 Å². The predicted octanol–water partition coefficient (Wildman–Crippen LogP) is 6.31. The number of rotatable bonds is 8. The summed E-state index contributed by atoms with van der Waals surface area (Å²) < 4.78 is 7.84. The number of hydrogen-bond acceptors (Lipinski definition) is 2. The molecule has 6 rings (SSSR count). The minimum Gasteiger partial charge on any atom is -0.367 e. The maximum atomic E-state index is 6.74. The van der Waals surface area contributed by atoms with Crippen LogP contribution < -0.4 is 0 Å². The quantitative estimate of drug-likeness (QED) is 0.310. The van der Waals surface area contributed by atoms with Gasteiger partial charge in [-0.3, -0.25) is 4.98 Å². The molecule has 0 N–H and O–H groups in total. The van der Waals surface area contributed by atoms with Crippen molar-refractivity contribution in [3.63, 3.8) is 0 Å². The van der Waals surface area contributed by atoms with E-state index in [9.17, 15) is 0 Å². The molecule has 3 aromatic rings. The topological polar surface area (TPSA) is 22.1 Å². The van der Waals surface area contributed by atoms with Crippen LogP contribution in [0.3, 0.4) is 0 Å². The second kappa shape index (κ2) is 9.17. The van der Waals surface area contributed by atoms with E-state index in [0.29, 0.717) is 17.9 Å². The molecule has 0 spiro atoms. The average Bonchev–Trinajstić information content (AvgIpc) is 2.85. The molecule has 0 saturated carbocycles. The van der Waals surface area contributed by atoms with Crippen LogP contribution in [0.15, 0.2) is 79.5 Å². The molecule has 2 bridgehead atoms. The lowest BCUT2D eigenvalue weighted by Crippen LogP contribution is -2.67. The van der Waals surface area contributed by atoms with Gasteiger partial charge in [-0.2, -0.15) is 0 Å². The molecule has 1 aromatic heterocycles. The van der Waals surface area contributed by atoms with Gasteiger partial charge in [0.2, 0.25) is 0 Å². The Kier molecular flexibility index (Phi) is 6.12. The van der Waals surface area contributed by atoms with Crippen LogP contribution in [0.2, 0.25) is 0 Å². The number of benzene rings is 2. The molecule has 0 amide bonds. The first-order valence-corrected chi connectivity index (χ1v) is 12.2. The molecule has 0 radical (unpaired) electrons. The molecule has 3 saturated heterocycles. The van der Waals surface area contributed by atoms with E-state index < -0.39 is 0 Å². The highest BCUT2D eigenvalue weighted by atomic mass is 16.5. The van der Waals surface area contributed by atoms with Gasteiger partial charge in [0.25, 0.3) is 0 Å². The molecule has 5 atom stereocenters. The van der Waals surface area contributed by atoms with Crippen LogP contribution in [0.5, 0.6) is 0 Å². The Bertz CT molecular complexity index is 1060. The highest BCUT2D eigenvalue weighted by molar-refractivity contribution is 5.82. The van der Waals surface area contributed by atoms with Gasteiger partial charge in [0, 0.05) is 42.5 Å². The Balaban J connectivity index is 1.59. The Morgan fingerprint density at radius 1 is 1.12 bits per heavy atom. The van der Waals surface area contributed by atoms with Crippen LogP contribution in [-0.4, -0.2) is 35.2 Å². The number of hydrogen-bond donors (Lipinski definition) is 0. The highest BCUT2D eigenvalue weighted by Gasteiger charge is 2.54. The van der Waals surface area contributed by atoms with Gasteiger partial charge in [0.1, 0.15) is 18.7 Å². The number of fused-ring (bicyclic) bond motifs is 4. The summed E-state index contributed by atoms with van der Waals surface area (Å²) in [6.07, 6.45) is 7.79. The molecule has 3 nitrogen and oxygen atoms in total. The number of aromatic nitrogens is 1. The fourth-order valence-electron chi connectivity index (χ4n) is 6.33. The van der Waals surface area contributed by atoms with Gasteiger partial charge in [0.05, 0.1) is 18.6 Å². The standard InChI is InChI=1S/C29H35N2O/c1-3-18-32-29(26-14-16-30-27-13-9-8-12-25(26)27)28-19-24-15-17-31(28,21-23(24)4-2)20-22-10-6-5-7-11-22/h4-14,16,23-24,28-29H,2-3,15,17-21H2,1H3/q+1/t23-,24-,28+,29-,31?/m0/s1. The Labute approximate surface area is 192 Å². The second-order valence-electron chi connectivity index (χ2n) is 9.73. The fourth-order valence-corrected chi connectivity index (χ4v) is 6.33. The van der Waals surface area contributed by atoms with Crippen molar-refractivity contribution < 1.29 is 9.22 Å². The van der Waals surface area contributed by atoms with Crippen LogP contribution in [0, 0.1) is 11.8 Å². The summed E-state index contributed by atoms with van der Waals surface area (Å²) in [7, 11) is 0. The molecule has 32 heavy (non-hydrogen) atoms. The molecule has 3 heteroatoms. The number of pyridine rings is 1. The predicted molar refractivity (Wildman–Crippen MR) is 131 cm³/mol. The molecule has 3 aliphatic heterocycles. The molecular formula is C29H35N2O+. The Morgan fingerprint density at radius 3 is 2.75 bits per heavy atom. The molecule has 4 heterocycles. The van der Waals surface area contributed by atoms with Crippen molar-refractivity contribution in [2.75, 3.05) is 19.7 Å². The zero-order valence-corrected chi connectivity index (χ0v) is 19.2. The average molecular weight is 428 g/mol. The Morgan fingerprint density at radius 2 is 1.94 bits per heavy atom. The molecule has 2 aromatic carbocycles. The summed E-state index contributed by atoms with van der Waals surface area (Å²) >= 11 is 0. The van der Waals surface area contributed by atoms with E-state index in [4.69, 9.17) is 4.74 Å². The number of para-hydroxylation sites is 1. The maximum absolute atomic E-state index is 6.74. The van der Waals surface area contributed by atoms with E-state index in [1.54, 1.807) is 0 Å². The first-order chi connectivity index (χ1) is 15.7. The summed E-state index contributed by atoms with van der Waals surface area (Å²) in [6.45, 7) is 10.7. The minimum absolute atomic E-state index is 0.0835. The molecule has 0 aliphatic carbocycles. The van der Waals surface area contributed by atoms with Gasteiger partial charge in [-0.05, 0) is 30.0 Å². The van der Waals surface area contributed by atoms with Crippen LogP contribution in [0.4, 0.5) is 0 Å². The SMILES string of the molecule is C=C[C@H]1C[N+]2(Cc3ccccc3)CC[C@H]1C[C@@H]2[C@@H](OCCC)c1ccnc2ccccc12. The first kappa shape index (κ1) is 21.4. The van der Waals surface area contributed by atoms with Crippen molar-refractivity contribution in [1.82, 2.24) is 4.98 Å². The zero-order valence-electron chi connectivity index (χ0n) is 19.2. The maximum Gasteiger partial charge on any atom is 0.135 e. The summed E-state index contributed by atoms with van der Waals surface area (Å²) in [5, 5.41) is 1.23. The van der Waals surface area contributed by atoms with Crippen LogP contribution in [-0.2, 0) is 11.3 Å². The number of nitrogens with zero attached hydrogens (tertiary/aromatic N) is 2.